The second kappa shape index (κ2) is 5.76. The highest BCUT2D eigenvalue weighted by Gasteiger charge is 2.47. The number of amides is 2. The predicted octanol–water partition coefficient (Wildman–Crippen LogP) is 2.21. The van der Waals surface area contributed by atoms with Crippen LogP contribution in [0, 0.1) is 0 Å². The van der Waals surface area contributed by atoms with E-state index in [1.165, 1.54) is 0 Å². The average Bonchev–Trinajstić information content (AvgIpc) is 3.57. The number of fused-ring (bicyclic) bond motifs is 5. The van der Waals surface area contributed by atoms with Crippen molar-refractivity contribution in [1.82, 2.24) is 14.8 Å². The Bertz CT molecular complexity index is 1860. The Kier molecular flexibility index (Phi) is 1.47. The molecule has 1 saturated heterocycles. The Morgan fingerprint density at radius 3 is 3.00 bits per heavy atom. The molecule has 2 aromatic carbocycles. The fourth-order valence-electron chi connectivity index (χ4n) is 3.53. The minimum absolute atomic E-state index is 0.0682. The van der Waals surface area contributed by atoms with Crippen LogP contribution in [0.5, 0.6) is 11.5 Å². The summed E-state index contributed by atoms with van der Waals surface area (Å²) >= 11 is 0. The van der Waals surface area contributed by atoms with Crippen molar-refractivity contribution in [1.29, 1.82) is 0 Å². The van der Waals surface area contributed by atoms with Crippen LogP contribution in [0.3, 0.4) is 0 Å². The third-order valence-electron chi connectivity index (χ3n) is 4.76. The lowest BCUT2D eigenvalue weighted by molar-refractivity contribution is -0.157. The maximum absolute atomic E-state index is 14.0. The minimum atomic E-state index is -3.72. The fourth-order valence-corrected chi connectivity index (χ4v) is 3.53. The molecule has 7 heteroatoms. The lowest BCUT2D eigenvalue weighted by Crippen LogP contribution is -2.62. The van der Waals surface area contributed by atoms with Crippen molar-refractivity contribution in [2.45, 2.75) is 18.4 Å². The summed E-state index contributed by atoms with van der Waals surface area (Å²) in [7, 11) is 0. The Morgan fingerprint density at radius 2 is 2.10 bits per heavy atom. The van der Waals surface area contributed by atoms with Gasteiger partial charge in [0.15, 0.2) is 11.5 Å². The Hall–Kier alpha value is -3.48. The van der Waals surface area contributed by atoms with E-state index in [0.29, 0.717) is 0 Å². The van der Waals surface area contributed by atoms with Gasteiger partial charge in [-0.1, -0.05) is 24.2 Å². The highest BCUT2D eigenvalue weighted by atomic mass is 16.7. The molecule has 7 nitrogen and oxygen atoms in total. The minimum Gasteiger partial charge on any atom is -0.454 e. The van der Waals surface area contributed by atoms with E-state index in [9.17, 15) is 11.0 Å². The van der Waals surface area contributed by atoms with Crippen LogP contribution < -0.4 is 9.47 Å². The normalized spacial score (nSPS) is 36.7. The summed E-state index contributed by atoms with van der Waals surface area (Å²) in [6.45, 7) is -7.90. The maximum Gasteiger partial charge on any atom is 0.245 e. The number of hydrogen-bond donors (Lipinski definition) is 1. The Labute approximate surface area is 187 Å². The van der Waals surface area contributed by atoms with Crippen LogP contribution >= 0.6 is 0 Å². The molecular weight excluding hydrogens is 370 g/mol. The van der Waals surface area contributed by atoms with Gasteiger partial charge < -0.3 is 24.3 Å². The number of nitrogens with zero attached hydrogens (tertiary/aromatic N) is 2. The first-order valence-electron chi connectivity index (χ1n) is 15.8. The highest BCUT2D eigenvalue weighted by molar-refractivity contribution is 5.97. The first-order chi connectivity index (χ1) is 20.1. The molecule has 4 heterocycles. The number of rotatable bonds is 1. The van der Waals surface area contributed by atoms with Crippen LogP contribution in [0.2, 0.25) is 0 Å². The molecule has 0 bridgehead atoms. The number of benzene rings is 2. The predicted molar refractivity (Wildman–Crippen MR) is 105 cm³/mol. The molecule has 1 N–H and O–H groups in total. The van der Waals surface area contributed by atoms with Crippen LogP contribution in [-0.4, -0.2) is 52.9 Å². The van der Waals surface area contributed by atoms with E-state index in [1.54, 1.807) is 0 Å². The standard InChI is InChI=1S/C22H19N3O4/c1-24-10-19(26)25-16(22(24)27)9-14-13-4-2-3-5-15(13)23-20(14)21(25)12-6-7-17-18(8-12)29-11-28-17/h2-8,16,21,23H,9-11H2,1H3/t16-,21?/m1/s1/i1D3,2D,3D,4D,5D,6D,7D,8D,9D2,10D2,16D. The summed E-state index contributed by atoms with van der Waals surface area (Å²) in [5.74, 6) is -4.67. The van der Waals surface area contributed by atoms with E-state index in [0.717, 1.165) is 0 Å². The summed E-state index contributed by atoms with van der Waals surface area (Å²) in [5.41, 5.74) is -2.46. The Morgan fingerprint density at radius 1 is 1.24 bits per heavy atom. The molecule has 1 unspecified atom stereocenters. The van der Waals surface area contributed by atoms with Gasteiger partial charge in [0, 0.05) is 36.8 Å². The van der Waals surface area contributed by atoms with E-state index in [2.05, 4.69) is 4.98 Å². The van der Waals surface area contributed by atoms with Crippen molar-refractivity contribution < 1.29 is 39.6 Å². The number of likely N-dealkylation sites (N-methyl/N-ethyl adjacent to an activating group) is 1. The number of piperazine rings is 1. The highest BCUT2D eigenvalue weighted by Crippen LogP contribution is 2.44. The van der Waals surface area contributed by atoms with Gasteiger partial charge in [-0.25, -0.2) is 0 Å². The van der Waals surface area contributed by atoms with E-state index >= 15 is 0 Å². The van der Waals surface area contributed by atoms with Gasteiger partial charge >= 0.3 is 0 Å². The number of aromatic amines is 1. The zero-order valence-electron chi connectivity index (χ0n) is 29.3. The van der Waals surface area contributed by atoms with Crippen molar-refractivity contribution >= 4 is 22.7 Å². The largest absolute Gasteiger partial charge is 0.454 e. The molecule has 1 aromatic heterocycles. The van der Waals surface area contributed by atoms with Gasteiger partial charge in [0.1, 0.15) is 6.02 Å². The van der Waals surface area contributed by atoms with Gasteiger partial charge in [-0.2, -0.15) is 0 Å². The van der Waals surface area contributed by atoms with Crippen molar-refractivity contribution in [2.75, 3.05) is 20.3 Å². The van der Waals surface area contributed by atoms with Crippen LogP contribution in [-0.2, 0) is 16.0 Å². The molecule has 0 spiro atoms. The molecule has 3 aromatic rings. The molecule has 3 aliphatic rings. The first-order valence-corrected chi connectivity index (χ1v) is 8.35. The first kappa shape index (κ1) is 7.40. The zero-order valence-corrected chi connectivity index (χ0v) is 14.3. The topological polar surface area (TPSA) is 74.9 Å². The molecular formula is C22H19N3O4. The monoisotopic (exact) mass is 404 g/mol. The molecule has 0 saturated carbocycles. The molecule has 1 fully saturated rings. The molecule has 3 aliphatic heterocycles. The summed E-state index contributed by atoms with van der Waals surface area (Å²) in [5, 5.41) is -0.563. The quantitative estimate of drug-likeness (QED) is 0.675. The number of carbonyl (C=O) groups excluding carboxylic acids is 2. The van der Waals surface area contributed by atoms with Gasteiger partial charge in [0.25, 0.3) is 0 Å². The number of para-hydroxylation sites is 1. The molecule has 29 heavy (non-hydrogen) atoms. The molecule has 6 rings (SSSR count). The third kappa shape index (κ3) is 2.24. The van der Waals surface area contributed by atoms with Crippen LogP contribution in [0.1, 0.15) is 43.4 Å². The van der Waals surface area contributed by atoms with Gasteiger partial charge in [0.2, 0.25) is 18.6 Å². The van der Waals surface area contributed by atoms with Crippen LogP contribution in [0.15, 0.2) is 42.3 Å². The van der Waals surface area contributed by atoms with Crippen molar-refractivity contribution in [2.24, 2.45) is 0 Å². The SMILES string of the molecule is [2H]c1c([2H])c(C2c3[nH]c4c([2H])c([2H])c([2H])c([2H])c4c3C([2H])([2H])[C@]3([2H])C(=O)N(C([2H])([2H])[2H])C([2H])([2H])C(=O)N23)c([2H])c2c1OCO2. The average molecular weight is 405 g/mol. The van der Waals surface area contributed by atoms with Crippen molar-refractivity contribution in [3.8, 4) is 11.5 Å². The van der Waals surface area contributed by atoms with Crippen LogP contribution in [0.4, 0.5) is 0 Å². The molecule has 2 atom stereocenters. The maximum atomic E-state index is 14.0. The smallest absolute Gasteiger partial charge is 0.245 e. The second-order valence-corrected chi connectivity index (χ2v) is 6.32. The lowest BCUT2D eigenvalue weighted by Gasteiger charge is -2.46. The Balaban J connectivity index is 1.84. The van der Waals surface area contributed by atoms with E-state index in [-0.39, 0.29) is 10.6 Å². The number of hydrogen-bond acceptors (Lipinski definition) is 4. The number of ether oxygens (including phenoxy) is 2. The number of nitrogens with one attached hydrogen (secondary N) is 1. The molecule has 0 radical (unpaired) electrons. The zero-order chi connectivity index (χ0) is 32.8. The summed E-state index contributed by atoms with van der Waals surface area (Å²) in [6, 6.07) is -11.2. The summed E-state index contributed by atoms with van der Waals surface area (Å²) < 4.78 is 137. The molecule has 2 amide bonds. The summed E-state index contributed by atoms with van der Waals surface area (Å²) in [4.78, 5) is 30.2. The number of H-pyrrole nitrogens is 1. The van der Waals surface area contributed by atoms with E-state index < -0.39 is 131 Å². The van der Waals surface area contributed by atoms with Crippen molar-refractivity contribution in [3.05, 3.63) is 59.1 Å². The lowest BCUT2D eigenvalue weighted by atomic mass is 9.86. The third-order valence-corrected chi connectivity index (χ3v) is 4.76. The summed E-state index contributed by atoms with van der Waals surface area (Å²) in [6.07, 6.45) is -3.51. The van der Waals surface area contributed by atoms with E-state index in [4.69, 9.17) is 28.7 Å². The fraction of sp³-hybridized carbons (Fsp3) is 0.273. The molecule has 146 valence electrons. The van der Waals surface area contributed by atoms with Gasteiger partial charge in [0.05, 0.1) is 26.2 Å². The van der Waals surface area contributed by atoms with Crippen molar-refractivity contribution in [3.63, 3.8) is 0 Å². The van der Waals surface area contributed by atoms with Gasteiger partial charge in [-0.3, -0.25) is 9.59 Å². The number of aromatic nitrogens is 1. The second-order valence-electron chi connectivity index (χ2n) is 6.32. The number of carbonyl (C=O) groups is 2. The van der Waals surface area contributed by atoms with E-state index in [1.807, 2.05) is 0 Å². The van der Waals surface area contributed by atoms with Crippen LogP contribution in [0.25, 0.3) is 10.9 Å². The van der Waals surface area contributed by atoms with Gasteiger partial charge in [-0.15, -0.1) is 0 Å². The van der Waals surface area contributed by atoms with Gasteiger partial charge in [-0.05, 0) is 29.3 Å². The molecule has 0 aliphatic carbocycles.